The molecule has 1 aromatic rings. The topological polar surface area (TPSA) is 67.4 Å². The van der Waals surface area contributed by atoms with Gasteiger partial charge in [0.1, 0.15) is 0 Å². The number of rotatable bonds is 8. The van der Waals surface area contributed by atoms with Gasteiger partial charge in [-0.15, -0.1) is 0 Å². The van der Waals surface area contributed by atoms with Gasteiger partial charge in [-0.1, -0.05) is 11.6 Å². The van der Waals surface area contributed by atoms with Crippen molar-refractivity contribution < 1.29 is 13.2 Å². The molecule has 1 rings (SSSR count). The van der Waals surface area contributed by atoms with Crippen molar-refractivity contribution in [3.05, 3.63) is 28.8 Å². The molecule has 0 spiro atoms. The van der Waals surface area contributed by atoms with Crippen molar-refractivity contribution in [1.82, 2.24) is 10.0 Å². The number of ether oxygens (including phenoxy) is 1. The molecule has 0 aliphatic heterocycles. The van der Waals surface area contributed by atoms with Crippen molar-refractivity contribution in [2.75, 3.05) is 20.2 Å². The Kier molecular flexibility index (Phi) is 6.91. The Morgan fingerprint density at radius 3 is 2.70 bits per heavy atom. The van der Waals surface area contributed by atoms with Crippen LogP contribution in [0.5, 0.6) is 0 Å². The van der Waals surface area contributed by atoms with Gasteiger partial charge in [-0.05, 0) is 44.7 Å². The summed E-state index contributed by atoms with van der Waals surface area (Å²) < 4.78 is 32.2. The predicted octanol–water partition coefficient (Wildman–Crippen LogP) is 1.76. The van der Waals surface area contributed by atoms with E-state index in [-0.39, 0.29) is 17.5 Å². The van der Waals surface area contributed by atoms with Gasteiger partial charge in [-0.25, -0.2) is 13.1 Å². The van der Waals surface area contributed by atoms with E-state index < -0.39 is 10.0 Å². The van der Waals surface area contributed by atoms with E-state index in [0.29, 0.717) is 18.2 Å². The molecule has 0 fully saturated rings. The Morgan fingerprint density at radius 2 is 2.10 bits per heavy atom. The minimum absolute atomic E-state index is 0.168. The largest absolute Gasteiger partial charge is 0.377 e. The zero-order valence-corrected chi connectivity index (χ0v) is 13.5. The lowest BCUT2D eigenvalue weighted by Gasteiger charge is -2.14. The van der Waals surface area contributed by atoms with Crippen LogP contribution in [-0.4, -0.2) is 34.7 Å². The fourth-order valence-electron chi connectivity index (χ4n) is 1.70. The Labute approximate surface area is 125 Å². The standard InChI is InChI=1S/C13H21ClN2O3S/c1-4-19-10(2)8-16-20(17,18)12-5-6-13(14)11(7-12)9-15-3/h5-7,10,15-16H,4,8-9H2,1-3H3. The predicted molar refractivity (Wildman–Crippen MR) is 80.5 cm³/mol. The minimum Gasteiger partial charge on any atom is -0.377 e. The van der Waals surface area contributed by atoms with E-state index in [2.05, 4.69) is 10.0 Å². The molecule has 20 heavy (non-hydrogen) atoms. The Bertz CT molecular complexity index is 534. The van der Waals surface area contributed by atoms with E-state index >= 15 is 0 Å². The number of hydrogen-bond acceptors (Lipinski definition) is 4. The first-order valence-electron chi connectivity index (χ1n) is 6.45. The smallest absolute Gasteiger partial charge is 0.240 e. The molecule has 0 aliphatic rings. The Balaban J connectivity index is 2.84. The van der Waals surface area contributed by atoms with Gasteiger partial charge in [0.15, 0.2) is 0 Å². The first-order chi connectivity index (χ1) is 9.40. The zero-order chi connectivity index (χ0) is 15.2. The molecule has 0 amide bonds. The van der Waals surface area contributed by atoms with Gasteiger partial charge in [0, 0.05) is 24.7 Å². The van der Waals surface area contributed by atoms with E-state index in [4.69, 9.17) is 16.3 Å². The maximum absolute atomic E-state index is 12.2. The number of sulfonamides is 1. The van der Waals surface area contributed by atoms with Crippen LogP contribution in [0, 0.1) is 0 Å². The average molecular weight is 321 g/mol. The van der Waals surface area contributed by atoms with Crippen LogP contribution >= 0.6 is 11.6 Å². The molecule has 2 N–H and O–H groups in total. The van der Waals surface area contributed by atoms with E-state index in [1.807, 2.05) is 13.8 Å². The van der Waals surface area contributed by atoms with E-state index in [1.165, 1.54) is 6.07 Å². The van der Waals surface area contributed by atoms with Gasteiger partial charge < -0.3 is 10.1 Å². The summed E-state index contributed by atoms with van der Waals surface area (Å²) in [6, 6.07) is 4.66. The molecule has 114 valence electrons. The molecule has 0 bridgehead atoms. The molecular formula is C13H21ClN2O3S. The first kappa shape index (κ1) is 17.4. The highest BCUT2D eigenvalue weighted by Gasteiger charge is 2.16. The SMILES string of the molecule is CCOC(C)CNS(=O)(=O)c1ccc(Cl)c(CNC)c1. The third-order valence-electron chi connectivity index (χ3n) is 2.71. The molecule has 0 saturated carbocycles. The number of benzene rings is 1. The fraction of sp³-hybridized carbons (Fsp3) is 0.538. The Hall–Kier alpha value is -0.660. The highest BCUT2D eigenvalue weighted by Crippen LogP contribution is 2.20. The third kappa shape index (κ3) is 5.03. The van der Waals surface area contributed by atoms with Crippen molar-refractivity contribution in [1.29, 1.82) is 0 Å². The van der Waals surface area contributed by atoms with Crippen LogP contribution in [0.3, 0.4) is 0 Å². The maximum atomic E-state index is 12.2. The van der Waals surface area contributed by atoms with Crippen molar-refractivity contribution in [2.24, 2.45) is 0 Å². The van der Waals surface area contributed by atoms with Crippen LogP contribution < -0.4 is 10.0 Å². The normalized spacial score (nSPS) is 13.4. The zero-order valence-electron chi connectivity index (χ0n) is 11.9. The van der Waals surface area contributed by atoms with E-state index in [9.17, 15) is 8.42 Å². The molecule has 1 atom stereocenters. The van der Waals surface area contributed by atoms with Crippen molar-refractivity contribution in [2.45, 2.75) is 31.4 Å². The average Bonchev–Trinajstić information content (AvgIpc) is 2.39. The quantitative estimate of drug-likeness (QED) is 0.766. The second-order valence-electron chi connectivity index (χ2n) is 4.40. The van der Waals surface area contributed by atoms with Crippen LogP contribution in [0.4, 0.5) is 0 Å². The van der Waals surface area contributed by atoms with Gasteiger partial charge >= 0.3 is 0 Å². The second kappa shape index (κ2) is 7.95. The summed E-state index contributed by atoms with van der Waals surface area (Å²) in [4.78, 5) is 0.204. The summed E-state index contributed by atoms with van der Waals surface area (Å²) in [5.74, 6) is 0. The van der Waals surface area contributed by atoms with Crippen LogP contribution in [0.15, 0.2) is 23.1 Å². The summed E-state index contributed by atoms with van der Waals surface area (Å²) in [6.07, 6.45) is -0.168. The maximum Gasteiger partial charge on any atom is 0.240 e. The van der Waals surface area contributed by atoms with Crippen LogP contribution in [-0.2, 0) is 21.3 Å². The monoisotopic (exact) mass is 320 g/mol. The summed E-state index contributed by atoms with van der Waals surface area (Å²) in [5.41, 5.74) is 0.745. The van der Waals surface area contributed by atoms with Gasteiger partial charge in [-0.2, -0.15) is 0 Å². The van der Waals surface area contributed by atoms with Crippen molar-refractivity contribution in [3.63, 3.8) is 0 Å². The van der Waals surface area contributed by atoms with Gasteiger partial charge in [-0.3, -0.25) is 0 Å². The summed E-state index contributed by atoms with van der Waals surface area (Å²) >= 11 is 6.02. The molecule has 0 saturated heterocycles. The van der Waals surface area contributed by atoms with Crippen LogP contribution in [0.25, 0.3) is 0 Å². The molecule has 0 radical (unpaired) electrons. The molecule has 0 aliphatic carbocycles. The minimum atomic E-state index is -3.55. The molecule has 5 nitrogen and oxygen atoms in total. The van der Waals surface area contributed by atoms with Gasteiger partial charge in [0.25, 0.3) is 0 Å². The lowest BCUT2D eigenvalue weighted by molar-refractivity contribution is 0.0799. The van der Waals surface area contributed by atoms with Crippen LogP contribution in [0.2, 0.25) is 5.02 Å². The lowest BCUT2D eigenvalue weighted by atomic mass is 10.2. The molecule has 1 aromatic carbocycles. The van der Waals surface area contributed by atoms with Crippen molar-refractivity contribution in [3.8, 4) is 0 Å². The Morgan fingerprint density at radius 1 is 1.40 bits per heavy atom. The highest BCUT2D eigenvalue weighted by atomic mass is 35.5. The highest BCUT2D eigenvalue weighted by molar-refractivity contribution is 7.89. The molecule has 0 heterocycles. The van der Waals surface area contributed by atoms with Crippen LogP contribution in [0.1, 0.15) is 19.4 Å². The second-order valence-corrected chi connectivity index (χ2v) is 6.58. The molecule has 1 unspecified atom stereocenters. The summed E-state index contributed by atoms with van der Waals surface area (Å²) in [7, 11) is -1.77. The molecule has 7 heteroatoms. The first-order valence-corrected chi connectivity index (χ1v) is 8.31. The summed E-state index contributed by atoms with van der Waals surface area (Å²) in [5, 5.41) is 3.49. The number of halogens is 1. The number of nitrogens with one attached hydrogen (secondary N) is 2. The van der Waals surface area contributed by atoms with E-state index in [0.717, 1.165) is 5.56 Å². The molecule has 0 aromatic heterocycles. The van der Waals surface area contributed by atoms with Crippen molar-refractivity contribution >= 4 is 21.6 Å². The fourth-order valence-corrected chi connectivity index (χ4v) is 3.05. The van der Waals surface area contributed by atoms with E-state index in [1.54, 1.807) is 19.2 Å². The number of hydrogen-bond donors (Lipinski definition) is 2. The van der Waals surface area contributed by atoms with Gasteiger partial charge in [0.05, 0.1) is 11.0 Å². The molecular weight excluding hydrogens is 300 g/mol. The summed E-state index contributed by atoms with van der Waals surface area (Å²) in [6.45, 7) is 4.99. The lowest BCUT2D eigenvalue weighted by Crippen LogP contribution is -2.32. The third-order valence-corrected chi connectivity index (χ3v) is 4.50. The van der Waals surface area contributed by atoms with Gasteiger partial charge in [0.2, 0.25) is 10.0 Å².